The Kier molecular flexibility index (Phi) is 6.89. The highest BCUT2D eigenvalue weighted by atomic mass is 16.1. The average Bonchev–Trinajstić information content (AvgIpc) is 2.85. The van der Waals surface area contributed by atoms with Gasteiger partial charge in [0.2, 0.25) is 5.91 Å². The van der Waals surface area contributed by atoms with Crippen molar-refractivity contribution in [2.24, 2.45) is 0 Å². The maximum Gasteiger partial charge on any atom is 0.229 e. The Labute approximate surface area is 195 Å². The van der Waals surface area contributed by atoms with E-state index in [2.05, 4.69) is 65.6 Å². The van der Waals surface area contributed by atoms with Crippen LogP contribution in [-0.2, 0) is 17.6 Å². The van der Waals surface area contributed by atoms with E-state index in [1.807, 2.05) is 24.3 Å². The van der Waals surface area contributed by atoms with Gasteiger partial charge in [-0.3, -0.25) is 4.79 Å². The van der Waals surface area contributed by atoms with E-state index in [4.69, 9.17) is 5.26 Å². The van der Waals surface area contributed by atoms with Crippen LogP contribution >= 0.6 is 0 Å². The van der Waals surface area contributed by atoms with Gasteiger partial charge in [-0.2, -0.15) is 5.26 Å². The molecule has 6 nitrogen and oxygen atoms in total. The Morgan fingerprint density at radius 2 is 1.76 bits per heavy atom. The number of benzene rings is 2. The zero-order chi connectivity index (χ0) is 23.2. The molecule has 2 aromatic carbocycles. The average molecular weight is 440 g/mol. The van der Waals surface area contributed by atoms with E-state index in [-0.39, 0.29) is 5.91 Å². The van der Waals surface area contributed by atoms with E-state index in [0.717, 1.165) is 49.4 Å². The second-order valence-electron chi connectivity index (χ2n) is 8.39. The standard InChI is InChI=1S/C27H29N5O/c1-3-22-8-9-24(16-20(22)2)23-6-4-21(5-7-23)17-27(33)30-26-11-10-25(18-29-26)32-14-12-31(19-28)13-15-32/h4-11,16,18H,3,12-15,17H2,1-2H3,(H,29,30,33). The van der Waals surface area contributed by atoms with E-state index in [0.29, 0.717) is 12.2 Å². The summed E-state index contributed by atoms with van der Waals surface area (Å²) in [6.07, 6.45) is 5.30. The van der Waals surface area contributed by atoms with E-state index in [1.165, 1.54) is 16.7 Å². The predicted molar refractivity (Wildman–Crippen MR) is 132 cm³/mol. The van der Waals surface area contributed by atoms with Crippen LogP contribution in [0.5, 0.6) is 0 Å². The number of rotatable bonds is 6. The van der Waals surface area contributed by atoms with Crippen LogP contribution in [0, 0.1) is 18.4 Å². The first-order valence-corrected chi connectivity index (χ1v) is 11.4. The maximum atomic E-state index is 12.5. The van der Waals surface area contributed by atoms with Gasteiger partial charge in [0, 0.05) is 26.2 Å². The summed E-state index contributed by atoms with van der Waals surface area (Å²) < 4.78 is 0. The fourth-order valence-corrected chi connectivity index (χ4v) is 4.17. The fourth-order valence-electron chi connectivity index (χ4n) is 4.17. The molecule has 3 aromatic rings. The van der Waals surface area contributed by atoms with Crippen LogP contribution in [0.3, 0.4) is 0 Å². The van der Waals surface area contributed by atoms with Crippen molar-refractivity contribution in [3.05, 3.63) is 77.5 Å². The lowest BCUT2D eigenvalue weighted by molar-refractivity contribution is -0.115. The maximum absolute atomic E-state index is 12.5. The van der Waals surface area contributed by atoms with Gasteiger partial charge in [0.25, 0.3) is 0 Å². The van der Waals surface area contributed by atoms with Crippen LogP contribution < -0.4 is 10.2 Å². The summed E-state index contributed by atoms with van der Waals surface area (Å²) in [5, 5.41) is 11.9. The minimum absolute atomic E-state index is 0.0891. The lowest BCUT2D eigenvalue weighted by atomic mass is 9.97. The molecule has 6 heteroatoms. The van der Waals surface area contributed by atoms with Gasteiger partial charge in [0.05, 0.1) is 18.3 Å². The van der Waals surface area contributed by atoms with Gasteiger partial charge in [-0.1, -0.05) is 49.4 Å². The number of amides is 1. The van der Waals surface area contributed by atoms with Crippen LogP contribution in [0.2, 0.25) is 0 Å². The highest BCUT2D eigenvalue weighted by molar-refractivity contribution is 5.91. The molecule has 1 aliphatic heterocycles. The minimum Gasteiger partial charge on any atom is -0.367 e. The summed E-state index contributed by atoms with van der Waals surface area (Å²) in [6.45, 7) is 7.34. The van der Waals surface area contributed by atoms with Gasteiger partial charge in [-0.25, -0.2) is 4.98 Å². The number of aryl methyl sites for hydroxylation is 2. The largest absolute Gasteiger partial charge is 0.367 e. The number of carbonyl (C=O) groups is 1. The van der Waals surface area contributed by atoms with Crippen molar-refractivity contribution in [2.45, 2.75) is 26.7 Å². The van der Waals surface area contributed by atoms with Gasteiger partial charge in [-0.05, 0) is 53.3 Å². The Morgan fingerprint density at radius 3 is 2.36 bits per heavy atom. The number of pyridine rings is 1. The van der Waals surface area contributed by atoms with Crippen molar-refractivity contribution in [2.75, 3.05) is 36.4 Å². The first kappa shape index (κ1) is 22.3. The molecule has 4 rings (SSSR count). The Morgan fingerprint density at radius 1 is 1.03 bits per heavy atom. The second-order valence-corrected chi connectivity index (χ2v) is 8.39. The normalized spacial score (nSPS) is 13.5. The van der Waals surface area contributed by atoms with Crippen LogP contribution in [0.25, 0.3) is 11.1 Å². The monoisotopic (exact) mass is 439 g/mol. The molecule has 1 N–H and O–H groups in total. The molecule has 33 heavy (non-hydrogen) atoms. The van der Waals surface area contributed by atoms with E-state index >= 15 is 0 Å². The summed E-state index contributed by atoms with van der Waals surface area (Å²) >= 11 is 0. The fraction of sp³-hybridized carbons (Fsp3) is 0.296. The van der Waals surface area contributed by atoms with Gasteiger partial charge >= 0.3 is 0 Å². The molecule has 0 spiro atoms. The molecule has 1 aromatic heterocycles. The molecule has 2 heterocycles. The molecule has 168 valence electrons. The zero-order valence-electron chi connectivity index (χ0n) is 19.2. The van der Waals surface area contributed by atoms with Crippen molar-refractivity contribution < 1.29 is 4.79 Å². The van der Waals surface area contributed by atoms with Crippen LogP contribution in [0.4, 0.5) is 11.5 Å². The van der Waals surface area contributed by atoms with Crippen LogP contribution in [0.15, 0.2) is 60.8 Å². The molecule has 0 radical (unpaired) electrons. The highest BCUT2D eigenvalue weighted by Crippen LogP contribution is 2.23. The third kappa shape index (κ3) is 5.50. The highest BCUT2D eigenvalue weighted by Gasteiger charge is 2.16. The molecule has 0 unspecified atom stereocenters. The number of hydrogen-bond acceptors (Lipinski definition) is 5. The summed E-state index contributed by atoms with van der Waals surface area (Å²) in [5.41, 5.74) is 6.99. The molecule has 0 bridgehead atoms. The second kappa shape index (κ2) is 10.2. The Balaban J connectivity index is 1.32. The van der Waals surface area contributed by atoms with E-state index in [9.17, 15) is 4.79 Å². The number of piperazine rings is 1. The molecular formula is C27H29N5O. The number of anilines is 2. The van der Waals surface area contributed by atoms with Gasteiger partial charge < -0.3 is 15.1 Å². The summed E-state index contributed by atoms with van der Waals surface area (Å²) in [6, 6.07) is 18.5. The molecule has 1 amide bonds. The van der Waals surface area contributed by atoms with Crippen molar-refractivity contribution >= 4 is 17.4 Å². The van der Waals surface area contributed by atoms with Crippen molar-refractivity contribution in [1.29, 1.82) is 5.26 Å². The summed E-state index contributed by atoms with van der Waals surface area (Å²) in [5.74, 6) is 0.455. The Hall–Kier alpha value is -3.85. The number of nitrogens with one attached hydrogen (secondary N) is 1. The topological polar surface area (TPSA) is 72.3 Å². The minimum atomic E-state index is -0.0891. The third-order valence-electron chi connectivity index (χ3n) is 6.18. The number of aromatic nitrogens is 1. The quantitative estimate of drug-likeness (QED) is 0.576. The van der Waals surface area contributed by atoms with E-state index in [1.54, 1.807) is 11.1 Å². The lowest BCUT2D eigenvalue weighted by Gasteiger charge is -2.33. The molecule has 1 saturated heterocycles. The van der Waals surface area contributed by atoms with Crippen LogP contribution in [-0.4, -0.2) is 42.0 Å². The molecule has 1 fully saturated rings. The lowest BCUT2D eigenvalue weighted by Crippen LogP contribution is -2.44. The van der Waals surface area contributed by atoms with Gasteiger partial charge in [-0.15, -0.1) is 0 Å². The number of nitrogens with zero attached hydrogens (tertiary/aromatic N) is 4. The molecular weight excluding hydrogens is 410 g/mol. The molecule has 0 atom stereocenters. The first-order valence-electron chi connectivity index (χ1n) is 11.4. The van der Waals surface area contributed by atoms with Crippen molar-refractivity contribution in [1.82, 2.24) is 9.88 Å². The number of hydrogen-bond donors (Lipinski definition) is 1. The number of carbonyl (C=O) groups excluding carboxylic acids is 1. The smallest absolute Gasteiger partial charge is 0.229 e. The Bertz CT molecular complexity index is 1140. The van der Waals surface area contributed by atoms with Crippen molar-refractivity contribution in [3.63, 3.8) is 0 Å². The van der Waals surface area contributed by atoms with Crippen molar-refractivity contribution in [3.8, 4) is 17.3 Å². The molecule has 0 saturated carbocycles. The SMILES string of the molecule is CCc1ccc(-c2ccc(CC(=O)Nc3ccc(N4CCN(C#N)CC4)cn3)cc2)cc1C. The summed E-state index contributed by atoms with van der Waals surface area (Å²) in [4.78, 5) is 20.9. The predicted octanol–water partition coefficient (Wildman–Crippen LogP) is 4.40. The summed E-state index contributed by atoms with van der Waals surface area (Å²) in [7, 11) is 0. The zero-order valence-corrected chi connectivity index (χ0v) is 19.2. The first-order chi connectivity index (χ1) is 16.1. The van der Waals surface area contributed by atoms with E-state index < -0.39 is 0 Å². The molecule has 0 aliphatic carbocycles. The van der Waals surface area contributed by atoms with Gasteiger partial charge in [0.1, 0.15) is 5.82 Å². The number of nitriles is 1. The van der Waals surface area contributed by atoms with Crippen LogP contribution in [0.1, 0.15) is 23.6 Å². The van der Waals surface area contributed by atoms with Gasteiger partial charge in [0.15, 0.2) is 6.19 Å². The molecule has 1 aliphatic rings. The third-order valence-corrected chi connectivity index (χ3v) is 6.18.